The number of rotatable bonds is 3. The van der Waals surface area contributed by atoms with E-state index in [0.717, 1.165) is 25.2 Å². The van der Waals surface area contributed by atoms with Gasteiger partial charge >= 0.3 is 0 Å². The Bertz CT molecular complexity index is 376. The molecule has 1 aromatic rings. The zero-order valence-electron chi connectivity index (χ0n) is 10.0. The fraction of sp³-hybridized carbons (Fsp3) is 0.538. The van der Waals surface area contributed by atoms with Gasteiger partial charge in [-0.3, -0.25) is 0 Å². The van der Waals surface area contributed by atoms with Crippen LogP contribution in [0.1, 0.15) is 18.4 Å². The van der Waals surface area contributed by atoms with Crippen molar-refractivity contribution < 1.29 is 4.39 Å². The molecule has 2 rings (SSSR count). The fourth-order valence-electron chi connectivity index (χ4n) is 2.12. The number of halogens is 2. The van der Waals surface area contributed by atoms with Gasteiger partial charge in [-0.2, -0.15) is 0 Å². The molecule has 1 aromatic carbocycles. The largest absolute Gasteiger partial charge is 0.310 e. The molecule has 0 spiro atoms. The van der Waals surface area contributed by atoms with Crippen molar-refractivity contribution in [2.45, 2.75) is 25.4 Å². The highest BCUT2D eigenvalue weighted by molar-refractivity contribution is 9.10. The molecular weight excluding hydrogens is 283 g/mol. The minimum Gasteiger partial charge on any atom is -0.310 e. The minimum atomic E-state index is -0.201. The van der Waals surface area contributed by atoms with E-state index >= 15 is 0 Å². The zero-order valence-corrected chi connectivity index (χ0v) is 11.6. The molecule has 1 heterocycles. The summed E-state index contributed by atoms with van der Waals surface area (Å²) in [4.78, 5) is 2.35. The highest BCUT2D eigenvalue weighted by Crippen LogP contribution is 2.17. The van der Waals surface area contributed by atoms with Crippen molar-refractivity contribution in [3.8, 4) is 0 Å². The average molecular weight is 301 g/mol. The molecule has 94 valence electrons. The lowest BCUT2D eigenvalue weighted by Crippen LogP contribution is -2.40. The van der Waals surface area contributed by atoms with Crippen molar-refractivity contribution in [2.75, 3.05) is 20.1 Å². The lowest BCUT2D eigenvalue weighted by molar-refractivity contribution is 0.234. The number of piperidine rings is 1. The maximum absolute atomic E-state index is 13.1. The number of hydrogen-bond donors (Lipinski definition) is 1. The number of benzene rings is 1. The molecule has 0 saturated carbocycles. The van der Waals surface area contributed by atoms with Gasteiger partial charge in [-0.1, -0.05) is 6.07 Å². The van der Waals surface area contributed by atoms with Gasteiger partial charge in [0.05, 0.1) is 4.47 Å². The van der Waals surface area contributed by atoms with Crippen LogP contribution in [-0.2, 0) is 6.54 Å². The lowest BCUT2D eigenvalue weighted by Gasteiger charge is -2.29. The van der Waals surface area contributed by atoms with Crippen molar-refractivity contribution in [2.24, 2.45) is 0 Å². The van der Waals surface area contributed by atoms with Crippen LogP contribution in [0.4, 0.5) is 4.39 Å². The summed E-state index contributed by atoms with van der Waals surface area (Å²) in [5.74, 6) is -0.201. The van der Waals surface area contributed by atoms with E-state index in [0.29, 0.717) is 10.5 Å². The summed E-state index contributed by atoms with van der Waals surface area (Å²) in [7, 11) is 2.16. The molecule has 2 nitrogen and oxygen atoms in total. The first-order chi connectivity index (χ1) is 8.15. The molecule has 0 aromatic heterocycles. The van der Waals surface area contributed by atoms with Gasteiger partial charge in [-0.15, -0.1) is 0 Å². The van der Waals surface area contributed by atoms with Gasteiger partial charge in [0.15, 0.2) is 0 Å². The number of likely N-dealkylation sites (tertiary alicyclic amines) is 1. The van der Waals surface area contributed by atoms with Gasteiger partial charge in [0, 0.05) is 12.6 Å². The maximum atomic E-state index is 13.1. The van der Waals surface area contributed by atoms with Gasteiger partial charge in [0.2, 0.25) is 0 Å². The number of nitrogens with zero attached hydrogens (tertiary/aromatic N) is 1. The minimum absolute atomic E-state index is 0.201. The normalized spacial score (nSPS) is 18.5. The van der Waals surface area contributed by atoms with Crippen LogP contribution in [0.3, 0.4) is 0 Å². The molecule has 1 saturated heterocycles. The van der Waals surface area contributed by atoms with E-state index in [-0.39, 0.29) is 5.82 Å². The Morgan fingerprint density at radius 1 is 1.41 bits per heavy atom. The van der Waals surface area contributed by atoms with Crippen LogP contribution in [0.25, 0.3) is 0 Å². The molecular formula is C13H18BrFN2. The van der Waals surface area contributed by atoms with Gasteiger partial charge in [-0.05, 0) is 66.6 Å². The lowest BCUT2D eigenvalue weighted by atomic mass is 10.1. The second kappa shape index (κ2) is 5.94. The number of hydrogen-bond acceptors (Lipinski definition) is 2. The van der Waals surface area contributed by atoms with E-state index in [9.17, 15) is 4.39 Å². The summed E-state index contributed by atoms with van der Waals surface area (Å²) in [6.07, 6.45) is 2.39. The molecule has 0 atom stereocenters. The monoisotopic (exact) mass is 300 g/mol. The summed E-state index contributed by atoms with van der Waals surface area (Å²) in [5.41, 5.74) is 1.12. The van der Waals surface area contributed by atoms with E-state index in [1.165, 1.54) is 18.9 Å². The Kier molecular flexibility index (Phi) is 4.54. The van der Waals surface area contributed by atoms with Crippen molar-refractivity contribution in [1.29, 1.82) is 0 Å². The Morgan fingerprint density at radius 3 is 2.76 bits per heavy atom. The first-order valence-electron chi connectivity index (χ1n) is 6.01. The van der Waals surface area contributed by atoms with Crippen molar-refractivity contribution >= 4 is 15.9 Å². The second-order valence-corrected chi connectivity index (χ2v) is 5.56. The van der Waals surface area contributed by atoms with E-state index in [1.807, 2.05) is 12.1 Å². The molecule has 1 aliphatic heterocycles. The van der Waals surface area contributed by atoms with E-state index < -0.39 is 0 Å². The third-order valence-corrected chi connectivity index (χ3v) is 3.91. The predicted molar refractivity (Wildman–Crippen MR) is 71.5 cm³/mol. The van der Waals surface area contributed by atoms with Crippen LogP contribution in [-0.4, -0.2) is 31.1 Å². The molecule has 0 radical (unpaired) electrons. The third kappa shape index (κ3) is 3.76. The predicted octanol–water partition coefficient (Wildman–Crippen LogP) is 2.77. The summed E-state index contributed by atoms with van der Waals surface area (Å²) in [6.45, 7) is 3.13. The number of nitrogens with one attached hydrogen (secondary N) is 1. The van der Waals surface area contributed by atoms with Crippen LogP contribution in [0.2, 0.25) is 0 Å². The summed E-state index contributed by atoms with van der Waals surface area (Å²) < 4.78 is 13.6. The van der Waals surface area contributed by atoms with Crippen LogP contribution in [0.5, 0.6) is 0 Å². The van der Waals surface area contributed by atoms with Gasteiger partial charge in [0.1, 0.15) is 5.82 Å². The Hall–Kier alpha value is -0.450. The van der Waals surface area contributed by atoms with Gasteiger partial charge in [0.25, 0.3) is 0 Å². The summed E-state index contributed by atoms with van der Waals surface area (Å²) in [5, 5.41) is 3.54. The topological polar surface area (TPSA) is 15.3 Å². The summed E-state index contributed by atoms with van der Waals surface area (Å²) >= 11 is 3.21. The van der Waals surface area contributed by atoms with E-state index in [4.69, 9.17) is 0 Å². The van der Waals surface area contributed by atoms with Crippen LogP contribution in [0.15, 0.2) is 22.7 Å². The highest BCUT2D eigenvalue weighted by atomic mass is 79.9. The molecule has 0 unspecified atom stereocenters. The van der Waals surface area contributed by atoms with E-state index in [2.05, 4.69) is 33.2 Å². The smallest absolute Gasteiger partial charge is 0.137 e. The van der Waals surface area contributed by atoms with Crippen molar-refractivity contribution in [3.63, 3.8) is 0 Å². The average Bonchev–Trinajstić information content (AvgIpc) is 2.33. The second-order valence-electron chi connectivity index (χ2n) is 4.71. The van der Waals surface area contributed by atoms with Crippen molar-refractivity contribution in [3.05, 3.63) is 34.1 Å². The zero-order chi connectivity index (χ0) is 12.3. The fourth-order valence-corrected chi connectivity index (χ4v) is 2.55. The summed E-state index contributed by atoms with van der Waals surface area (Å²) in [6, 6.07) is 5.78. The molecule has 17 heavy (non-hydrogen) atoms. The SMILES string of the molecule is CN1CCC(NCc2ccc(F)c(Br)c2)CC1. The Labute approximate surface area is 110 Å². The Balaban J connectivity index is 1.83. The molecule has 1 fully saturated rings. The van der Waals surface area contributed by atoms with Crippen molar-refractivity contribution in [1.82, 2.24) is 10.2 Å². The Morgan fingerprint density at radius 2 is 2.12 bits per heavy atom. The van der Waals surface area contributed by atoms with E-state index in [1.54, 1.807) is 0 Å². The van der Waals surface area contributed by atoms with Gasteiger partial charge in [-0.25, -0.2) is 4.39 Å². The molecule has 4 heteroatoms. The molecule has 0 aliphatic carbocycles. The van der Waals surface area contributed by atoms with Crippen LogP contribution in [0, 0.1) is 5.82 Å². The first kappa shape index (κ1) is 13.0. The molecule has 1 aliphatic rings. The third-order valence-electron chi connectivity index (χ3n) is 3.30. The molecule has 0 amide bonds. The van der Waals surface area contributed by atoms with Crippen LogP contribution < -0.4 is 5.32 Å². The molecule has 1 N–H and O–H groups in total. The van der Waals surface area contributed by atoms with Gasteiger partial charge < -0.3 is 10.2 Å². The standard InChI is InChI=1S/C13H18BrFN2/c1-17-6-4-11(5-7-17)16-9-10-2-3-13(15)12(14)8-10/h2-3,8,11,16H,4-7,9H2,1H3. The maximum Gasteiger partial charge on any atom is 0.137 e. The first-order valence-corrected chi connectivity index (χ1v) is 6.80. The highest BCUT2D eigenvalue weighted by Gasteiger charge is 2.15. The van der Waals surface area contributed by atoms with Crippen LogP contribution >= 0.6 is 15.9 Å². The quantitative estimate of drug-likeness (QED) is 0.923. The molecule has 0 bridgehead atoms.